The van der Waals surface area contributed by atoms with Crippen LogP contribution in [0.3, 0.4) is 0 Å². The Bertz CT molecular complexity index is 782. The second-order valence-electron chi connectivity index (χ2n) is 6.65. The average molecular weight is 383 g/mol. The van der Waals surface area contributed by atoms with E-state index in [4.69, 9.17) is 14.2 Å². The standard InChI is InChI=1S/C22H25NO5/c1-2-13-26-19-9-11-20(12-10-19)27-14-15-28-22(25)17-5-7-18(8-6-17)23-21(24)16-3-4-16/h5-12,16H,2-4,13-15H2,1H3,(H,23,24). The zero-order valence-corrected chi connectivity index (χ0v) is 16.0. The lowest BCUT2D eigenvalue weighted by Crippen LogP contribution is -2.14. The molecule has 1 aliphatic carbocycles. The minimum atomic E-state index is -0.424. The molecule has 0 saturated heterocycles. The third-order valence-electron chi connectivity index (χ3n) is 4.22. The molecule has 6 heteroatoms. The van der Waals surface area contributed by atoms with Gasteiger partial charge in [0.05, 0.1) is 12.2 Å². The predicted octanol–water partition coefficient (Wildman–Crippen LogP) is 4.06. The molecule has 2 aromatic carbocycles. The van der Waals surface area contributed by atoms with E-state index in [-0.39, 0.29) is 25.0 Å². The topological polar surface area (TPSA) is 73.9 Å². The number of esters is 1. The fraction of sp³-hybridized carbons (Fsp3) is 0.364. The van der Waals surface area contributed by atoms with E-state index < -0.39 is 5.97 Å². The highest BCUT2D eigenvalue weighted by Crippen LogP contribution is 2.30. The Kier molecular flexibility index (Phi) is 6.89. The summed E-state index contributed by atoms with van der Waals surface area (Å²) in [5.74, 6) is 1.25. The minimum Gasteiger partial charge on any atom is -0.494 e. The zero-order valence-electron chi connectivity index (χ0n) is 16.0. The van der Waals surface area contributed by atoms with Crippen molar-refractivity contribution in [3.05, 3.63) is 54.1 Å². The van der Waals surface area contributed by atoms with Gasteiger partial charge in [-0.3, -0.25) is 4.79 Å². The van der Waals surface area contributed by atoms with E-state index in [2.05, 4.69) is 12.2 Å². The van der Waals surface area contributed by atoms with Crippen molar-refractivity contribution in [2.75, 3.05) is 25.1 Å². The fourth-order valence-corrected chi connectivity index (χ4v) is 2.51. The molecular weight excluding hydrogens is 358 g/mol. The Hall–Kier alpha value is -3.02. The Balaban J connectivity index is 1.37. The van der Waals surface area contributed by atoms with E-state index in [1.54, 1.807) is 24.3 Å². The summed E-state index contributed by atoms with van der Waals surface area (Å²) in [4.78, 5) is 23.8. The number of benzene rings is 2. The van der Waals surface area contributed by atoms with Crippen LogP contribution in [0.1, 0.15) is 36.5 Å². The summed E-state index contributed by atoms with van der Waals surface area (Å²) < 4.78 is 16.3. The lowest BCUT2D eigenvalue weighted by molar-refractivity contribution is -0.117. The van der Waals surface area contributed by atoms with Gasteiger partial charge in [-0.25, -0.2) is 4.79 Å². The average Bonchev–Trinajstić information content (AvgIpc) is 3.56. The van der Waals surface area contributed by atoms with Crippen molar-refractivity contribution in [1.29, 1.82) is 0 Å². The van der Waals surface area contributed by atoms with Crippen LogP contribution in [0.4, 0.5) is 5.69 Å². The number of anilines is 1. The second-order valence-corrected chi connectivity index (χ2v) is 6.65. The van der Waals surface area contributed by atoms with Gasteiger partial charge in [-0.15, -0.1) is 0 Å². The summed E-state index contributed by atoms with van der Waals surface area (Å²) in [6.07, 6.45) is 2.87. The quantitative estimate of drug-likeness (QED) is 0.495. The van der Waals surface area contributed by atoms with Crippen molar-refractivity contribution in [2.24, 2.45) is 5.92 Å². The molecule has 0 heterocycles. The molecule has 0 unspecified atom stereocenters. The number of amides is 1. The van der Waals surface area contributed by atoms with Gasteiger partial charge in [-0.2, -0.15) is 0 Å². The van der Waals surface area contributed by atoms with E-state index in [1.165, 1.54) is 0 Å². The molecule has 0 spiro atoms. The highest BCUT2D eigenvalue weighted by atomic mass is 16.6. The van der Waals surface area contributed by atoms with Crippen LogP contribution >= 0.6 is 0 Å². The smallest absolute Gasteiger partial charge is 0.338 e. The van der Waals surface area contributed by atoms with Crippen LogP contribution < -0.4 is 14.8 Å². The molecule has 3 rings (SSSR count). The van der Waals surface area contributed by atoms with Gasteiger partial charge in [0.1, 0.15) is 24.7 Å². The monoisotopic (exact) mass is 383 g/mol. The largest absolute Gasteiger partial charge is 0.494 e. The summed E-state index contributed by atoms with van der Waals surface area (Å²) in [6.45, 7) is 3.15. The molecule has 2 aromatic rings. The van der Waals surface area contributed by atoms with Crippen LogP contribution in [-0.4, -0.2) is 31.7 Å². The van der Waals surface area contributed by atoms with Gasteiger partial charge in [0.2, 0.25) is 5.91 Å². The molecule has 1 amide bonds. The number of nitrogens with one attached hydrogen (secondary N) is 1. The first kappa shape index (κ1) is 19.7. The summed E-state index contributed by atoms with van der Waals surface area (Å²) >= 11 is 0. The van der Waals surface area contributed by atoms with Gasteiger partial charge in [-0.05, 0) is 67.8 Å². The van der Waals surface area contributed by atoms with Gasteiger partial charge >= 0.3 is 5.97 Å². The van der Waals surface area contributed by atoms with Crippen LogP contribution in [0.15, 0.2) is 48.5 Å². The Morgan fingerprint density at radius 3 is 2.07 bits per heavy atom. The molecule has 1 saturated carbocycles. The number of carbonyl (C=O) groups is 2. The first-order chi connectivity index (χ1) is 13.7. The summed E-state index contributed by atoms with van der Waals surface area (Å²) in [7, 11) is 0. The predicted molar refractivity (Wildman–Crippen MR) is 106 cm³/mol. The van der Waals surface area contributed by atoms with Crippen LogP contribution in [0, 0.1) is 5.92 Å². The molecule has 0 atom stereocenters. The molecular formula is C22H25NO5. The van der Waals surface area contributed by atoms with Gasteiger partial charge < -0.3 is 19.5 Å². The molecule has 1 N–H and O–H groups in total. The zero-order chi connectivity index (χ0) is 19.8. The van der Waals surface area contributed by atoms with Gasteiger partial charge in [0.25, 0.3) is 0 Å². The van der Waals surface area contributed by atoms with Crippen molar-refractivity contribution >= 4 is 17.6 Å². The number of carbonyl (C=O) groups excluding carboxylic acids is 2. The molecule has 0 radical (unpaired) electrons. The third kappa shape index (κ3) is 6.01. The maximum absolute atomic E-state index is 12.1. The van der Waals surface area contributed by atoms with Crippen LogP contribution in [0.5, 0.6) is 11.5 Å². The number of hydrogen-bond acceptors (Lipinski definition) is 5. The molecule has 6 nitrogen and oxygen atoms in total. The summed E-state index contributed by atoms with van der Waals surface area (Å²) in [6, 6.07) is 14.0. The highest BCUT2D eigenvalue weighted by Gasteiger charge is 2.29. The summed E-state index contributed by atoms with van der Waals surface area (Å²) in [5, 5.41) is 2.84. The highest BCUT2D eigenvalue weighted by molar-refractivity contribution is 5.95. The summed E-state index contributed by atoms with van der Waals surface area (Å²) in [5.41, 5.74) is 1.12. The Labute approximate surface area is 164 Å². The first-order valence-electron chi connectivity index (χ1n) is 9.59. The Morgan fingerprint density at radius 1 is 0.893 bits per heavy atom. The lowest BCUT2D eigenvalue weighted by atomic mass is 10.2. The van der Waals surface area contributed by atoms with E-state index in [1.807, 2.05) is 24.3 Å². The van der Waals surface area contributed by atoms with E-state index >= 15 is 0 Å². The molecule has 148 valence electrons. The van der Waals surface area contributed by atoms with Crippen LogP contribution in [-0.2, 0) is 9.53 Å². The maximum atomic E-state index is 12.1. The minimum absolute atomic E-state index is 0.0393. The van der Waals surface area contributed by atoms with Crippen molar-refractivity contribution in [3.8, 4) is 11.5 Å². The van der Waals surface area contributed by atoms with Gasteiger partial charge in [0.15, 0.2) is 0 Å². The van der Waals surface area contributed by atoms with Crippen LogP contribution in [0.2, 0.25) is 0 Å². The van der Waals surface area contributed by atoms with E-state index in [9.17, 15) is 9.59 Å². The molecule has 1 fully saturated rings. The number of rotatable bonds is 10. The van der Waals surface area contributed by atoms with Crippen molar-refractivity contribution in [3.63, 3.8) is 0 Å². The van der Waals surface area contributed by atoms with Crippen molar-refractivity contribution < 1.29 is 23.8 Å². The molecule has 1 aliphatic rings. The normalized spacial score (nSPS) is 12.9. The first-order valence-corrected chi connectivity index (χ1v) is 9.59. The lowest BCUT2D eigenvalue weighted by Gasteiger charge is -2.09. The van der Waals surface area contributed by atoms with Crippen molar-refractivity contribution in [1.82, 2.24) is 0 Å². The maximum Gasteiger partial charge on any atom is 0.338 e. The molecule has 0 bridgehead atoms. The van der Waals surface area contributed by atoms with Gasteiger partial charge in [0, 0.05) is 11.6 Å². The van der Waals surface area contributed by atoms with E-state index in [0.29, 0.717) is 23.6 Å². The fourth-order valence-electron chi connectivity index (χ4n) is 2.51. The SMILES string of the molecule is CCCOc1ccc(OCCOC(=O)c2ccc(NC(=O)C3CC3)cc2)cc1. The number of ether oxygens (including phenoxy) is 3. The molecule has 0 aliphatic heterocycles. The van der Waals surface area contributed by atoms with Crippen molar-refractivity contribution in [2.45, 2.75) is 26.2 Å². The third-order valence-corrected chi connectivity index (χ3v) is 4.22. The van der Waals surface area contributed by atoms with E-state index in [0.717, 1.165) is 25.0 Å². The number of hydrogen-bond donors (Lipinski definition) is 1. The Morgan fingerprint density at radius 2 is 1.50 bits per heavy atom. The van der Waals surface area contributed by atoms with Gasteiger partial charge in [-0.1, -0.05) is 6.92 Å². The molecule has 28 heavy (non-hydrogen) atoms. The van der Waals surface area contributed by atoms with Crippen LogP contribution in [0.25, 0.3) is 0 Å². The second kappa shape index (κ2) is 9.78. The molecule has 0 aromatic heterocycles.